The van der Waals surface area contributed by atoms with E-state index in [0.717, 1.165) is 5.56 Å². The van der Waals surface area contributed by atoms with Crippen LogP contribution in [0.2, 0.25) is 0 Å². The number of benzene rings is 1. The van der Waals surface area contributed by atoms with Crippen LogP contribution in [0.25, 0.3) is 0 Å². The monoisotopic (exact) mass is 224 g/mol. The normalized spacial score (nSPS) is 13.5. The van der Waals surface area contributed by atoms with Crippen LogP contribution in [-0.2, 0) is 15.1 Å². The summed E-state index contributed by atoms with van der Waals surface area (Å²) in [6, 6.07) is 6.76. The summed E-state index contributed by atoms with van der Waals surface area (Å²) in [5.41, 5.74) is 0.678. The van der Waals surface area contributed by atoms with Crippen molar-refractivity contribution in [3.8, 4) is 0 Å². The van der Waals surface area contributed by atoms with Gasteiger partial charge in [-0.15, -0.1) is 0 Å². The Labute approximate surface area is 94.5 Å². The number of aliphatic hydroxyl groups is 1. The fourth-order valence-electron chi connectivity index (χ4n) is 1.34. The van der Waals surface area contributed by atoms with Gasteiger partial charge in [0, 0.05) is 7.11 Å². The number of rotatable bonds is 4. The summed E-state index contributed by atoms with van der Waals surface area (Å²) < 4.78 is 5.29. The standard InChI is InChI=1S/C12H16O4/c1-12(2,16-3)9-6-4-5-8(7-9)10(13)11(14)15/h4-7,10,13H,1-3H3,(H,14,15). The predicted molar refractivity (Wildman–Crippen MR) is 59.1 cm³/mol. The Morgan fingerprint density at radius 1 is 1.44 bits per heavy atom. The van der Waals surface area contributed by atoms with Crippen LogP contribution in [0.15, 0.2) is 24.3 Å². The summed E-state index contributed by atoms with van der Waals surface area (Å²) >= 11 is 0. The molecule has 0 spiro atoms. The van der Waals surface area contributed by atoms with Crippen molar-refractivity contribution in [1.82, 2.24) is 0 Å². The molecule has 88 valence electrons. The second-order valence-electron chi connectivity index (χ2n) is 4.08. The molecular weight excluding hydrogens is 208 g/mol. The van der Waals surface area contributed by atoms with E-state index in [4.69, 9.17) is 9.84 Å². The van der Waals surface area contributed by atoms with Crippen molar-refractivity contribution in [3.63, 3.8) is 0 Å². The molecule has 0 fully saturated rings. The highest BCUT2D eigenvalue weighted by Crippen LogP contribution is 2.26. The van der Waals surface area contributed by atoms with Crippen LogP contribution >= 0.6 is 0 Å². The molecule has 4 nitrogen and oxygen atoms in total. The number of carboxylic acid groups (broad SMARTS) is 1. The molecule has 1 rings (SSSR count). The van der Waals surface area contributed by atoms with Gasteiger partial charge in [0.2, 0.25) is 0 Å². The Balaban J connectivity index is 3.09. The number of aliphatic carboxylic acids is 1. The first-order chi connectivity index (χ1) is 7.38. The van der Waals surface area contributed by atoms with E-state index in [9.17, 15) is 9.90 Å². The molecule has 0 aliphatic rings. The van der Waals surface area contributed by atoms with Crippen LogP contribution in [0.4, 0.5) is 0 Å². The van der Waals surface area contributed by atoms with Crippen molar-refractivity contribution in [1.29, 1.82) is 0 Å². The minimum Gasteiger partial charge on any atom is -0.479 e. The van der Waals surface area contributed by atoms with Crippen molar-refractivity contribution in [2.45, 2.75) is 25.6 Å². The van der Waals surface area contributed by atoms with Crippen LogP contribution in [0.5, 0.6) is 0 Å². The van der Waals surface area contributed by atoms with E-state index in [2.05, 4.69) is 0 Å². The van der Waals surface area contributed by atoms with E-state index in [1.54, 1.807) is 25.3 Å². The molecule has 1 unspecified atom stereocenters. The lowest BCUT2D eigenvalue weighted by molar-refractivity contribution is -0.146. The van der Waals surface area contributed by atoms with Gasteiger partial charge in [0.05, 0.1) is 5.60 Å². The van der Waals surface area contributed by atoms with Crippen LogP contribution in [0.1, 0.15) is 31.1 Å². The Bertz CT molecular complexity index is 384. The average molecular weight is 224 g/mol. The van der Waals surface area contributed by atoms with Crippen molar-refractivity contribution < 1.29 is 19.7 Å². The molecule has 2 N–H and O–H groups in total. The molecule has 1 aromatic carbocycles. The highest BCUT2D eigenvalue weighted by atomic mass is 16.5. The van der Waals surface area contributed by atoms with E-state index in [1.165, 1.54) is 0 Å². The minimum atomic E-state index is -1.49. The van der Waals surface area contributed by atoms with E-state index >= 15 is 0 Å². The van der Waals surface area contributed by atoms with Crippen LogP contribution in [0, 0.1) is 0 Å². The summed E-state index contributed by atoms with van der Waals surface area (Å²) in [4.78, 5) is 10.6. The summed E-state index contributed by atoms with van der Waals surface area (Å²) in [7, 11) is 1.58. The molecule has 0 amide bonds. The third-order valence-corrected chi connectivity index (χ3v) is 2.64. The molecule has 0 saturated heterocycles. The molecule has 1 atom stereocenters. The second kappa shape index (κ2) is 4.63. The molecule has 1 aromatic rings. The maximum absolute atomic E-state index is 10.6. The van der Waals surface area contributed by atoms with E-state index in [0.29, 0.717) is 5.56 Å². The molecule has 0 aliphatic carbocycles. The third kappa shape index (κ3) is 2.59. The van der Waals surface area contributed by atoms with Gasteiger partial charge in [0.1, 0.15) is 0 Å². The second-order valence-corrected chi connectivity index (χ2v) is 4.08. The van der Waals surface area contributed by atoms with Gasteiger partial charge in [0.15, 0.2) is 6.10 Å². The Hall–Kier alpha value is -1.39. The molecule has 0 heterocycles. The predicted octanol–water partition coefficient (Wildman–Crippen LogP) is 1.69. The van der Waals surface area contributed by atoms with Crippen LogP contribution < -0.4 is 0 Å². The molecule has 0 aromatic heterocycles. The lowest BCUT2D eigenvalue weighted by Gasteiger charge is -2.24. The number of methoxy groups -OCH3 is 1. The lowest BCUT2D eigenvalue weighted by Crippen LogP contribution is -2.20. The summed E-state index contributed by atoms with van der Waals surface area (Å²) in [6.07, 6.45) is -1.49. The van der Waals surface area contributed by atoms with Crippen LogP contribution in [0.3, 0.4) is 0 Å². The van der Waals surface area contributed by atoms with E-state index in [-0.39, 0.29) is 0 Å². The van der Waals surface area contributed by atoms with Gasteiger partial charge >= 0.3 is 5.97 Å². The Morgan fingerprint density at radius 2 is 2.06 bits per heavy atom. The number of hydrogen-bond acceptors (Lipinski definition) is 3. The highest BCUT2D eigenvalue weighted by molar-refractivity contribution is 5.74. The van der Waals surface area contributed by atoms with Gasteiger partial charge in [-0.3, -0.25) is 0 Å². The maximum atomic E-state index is 10.6. The zero-order chi connectivity index (χ0) is 12.3. The molecular formula is C12H16O4. The molecule has 0 aliphatic heterocycles. The van der Waals surface area contributed by atoms with Gasteiger partial charge in [-0.25, -0.2) is 4.79 Å². The van der Waals surface area contributed by atoms with Gasteiger partial charge in [-0.2, -0.15) is 0 Å². The third-order valence-electron chi connectivity index (χ3n) is 2.64. The molecule has 0 bridgehead atoms. The van der Waals surface area contributed by atoms with E-state index in [1.807, 2.05) is 19.9 Å². The zero-order valence-corrected chi connectivity index (χ0v) is 9.60. The minimum absolute atomic E-state index is 0.357. The fraction of sp³-hybridized carbons (Fsp3) is 0.417. The van der Waals surface area contributed by atoms with Crippen molar-refractivity contribution in [2.24, 2.45) is 0 Å². The van der Waals surface area contributed by atoms with Crippen LogP contribution in [-0.4, -0.2) is 23.3 Å². The molecule has 0 saturated carbocycles. The number of carbonyl (C=O) groups is 1. The van der Waals surface area contributed by atoms with E-state index < -0.39 is 17.7 Å². The van der Waals surface area contributed by atoms with Crippen molar-refractivity contribution >= 4 is 5.97 Å². The fourth-order valence-corrected chi connectivity index (χ4v) is 1.34. The van der Waals surface area contributed by atoms with Crippen molar-refractivity contribution in [3.05, 3.63) is 35.4 Å². The number of hydrogen-bond donors (Lipinski definition) is 2. The highest BCUT2D eigenvalue weighted by Gasteiger charge is 2.22. The first kappa shape index (κ1) is 12.7. The molecule has 0 radical (unpaired) electrons. The van der Waals surface area contributed by atoms with Gasteiger partial charge in [0.25, 0.3) is 0 Å². The lowest BCUT2D eigenvalue weighted by atomic mass is 9.95. The SMILES string of the molecule is COC(C)(C)c1cccc(C(O)C(=O)O)c1. The Kier molecular flexibility index (Phi) is 3.67. The maximum Gasteiger partial charge on any atom is 0.337 e. The summed E-state index contributed by atoms with van der Waals surface area (Å²) in [5, 5.41) is 18.1. The molecule has 16 heavy (non-hydrogen) atoms. The number of carboxylic acids is 1. The first-order valence-electron chi connectivity index (χ1n) is 4.95. The Morgan fingerprint density at radius 3 is 2.56 bits per heavy atom. The van der Waals surface area contributed by atoms with Gasteiger partial charge < -0.3 is 14.9 Å². The van der Waals surface area contributed by atoms with Gasteiger partial charge in [-0.05, 0) is 31.0 Å². The quantitative estimate of drug-likeness (QED) is 0.816. The van der Waals surface area contributed by atoms with Gasteiger partial charge in [-0.1, -0.05) is 18.2 Å². The zero-order valence-electron chi connectivity index (χ0n) is 9.60. The average Bonchev–Trinajstić information content (AvgIpc) is 2.28. The number of ether oxygens (including phenoxy) is 1. The molecule has 4 heteroatoms. The number of aliphatic hydroxyl groups excluding tert-OH is 1. The smallest absolute Gasteiger partial charge is 0.337 e. The van der Waals surface area contributed by atoms with Crippen molar-refractivity contribution in [2.75, 3.05) is 7.11 Å². The largest absolute Gasteiger partial charge is 0.479 e. The first-order valence-corrected chi connectivity index (χ1v) is 4.95. The summed E-state index contributed by atoms with van der Waals surface area (Å²) in [6.45, 7) is 3.75. The topological polar surface area (TPSA) is 66.8 Å². The summed E-state index contributed by atoms with van der Waals surface area (Å²) in [5.74, 6) is -1.26.